The van der Waals surface area contributed by atoms with E-state index in [2.05, 4.69) is 15.3 Å². The van der Waals surface area contributed by atoms with Crippen LogP contribution in [0, 0.1) is 0 Å². The van der Waals surface area contributed by atoms with Gasteiger partial charge < -0.3 is 11.1 Å². The monoisotopic (exact) mass is 350 g/mol. The number of fused-ring (bicyclic) bond motifs is 1. The lowest BCUT2D eigenvalue weighted by atomic mass is 10.3. The van der Waals surface area contributed by atoms with Crippen molar-refractivity contribution in [3.8, 4) is 0 Å². The number of carbonyl (C=O) groups excluding carboxylic acids is 1. The minimum atomic E-state index is -0.0423. The summed E-state index contributed by atoms with van der Waals surface area (Å²) >= 11 is 4.44. The first kappa shape index (κ1) is 15.3. The van der Waals surface area contributed by atoms with Crippen LogP contribution in [0.1, 0.15) is 17.8 Å². The van der Waals surface area contributed by atoms with Crippen LogP contribution in [0.15, 0.2) is 34.1 Å². The molecule has 0 bridgehead atoms. The molecule has 3 aromatic rings. The number of nitrogens with one attached hydrogen (secondary N) is 1. The molecule has 0 unspecified atom stereocenters. The Balaban J connectivity index is 1.60. The molecule has 1 atom stereocenters. The lowest BCUT2D eigenvalue weighted by Gasteiger charge is -2.11. The molecule has 0 aliphatic rings. The molecule has 114 valence electrons. The Labute approximate surface area is 140 Å². The Kier molecular flexibility index (Phi) is 4.60. The van der Waals surface area contributed by atoms with Gasteiger partial charge in [0.1, 0.15) is 10.6 Å². The lowest BCUT2D eigenvalue weighted by Crippen LogP contribution is -2.27. The maximum Gasteiger partial charge on any atom is 0.230 e. The van der Waals surface area contributed by atoms with Crippen molar-refractivity contribution < 1.29 is 4.79 Å². The van der Waals surface area contributed by atoms with Gasteiger partial charge in [-0.25, -0.2) is 9.97 Å². The van der Waals surface area contributed by atoms with Gasteiger partial charge in [-0.15, -0.1) is 22.7 Å². The highest BCUT2D eigenvalue weighted by Gasteiger charge is 2.12. The van der Waals surface area contributed by atoms with Gasteiger partial charge in [0.05, 0.1) is 17.2 Å². The first-order valence-corrected chi connectivity index (χ1v) is 9.34. The molecule has 0 spiro atoms. The van der Waals surface area contributed by atoms with Gasteiger partial charge in [-0.1, -0.05) is 17.8 Å². The molecule has 0 radical (unpaired) electrons. The number of rotatable bonds is 5. The number of nitrogens with two attached hydrogens (primary N) is 1. The minimum Gasteiger partial charge on any atom is -0.383 e. The molecular weight excluding hydrogens is 336 g/mol. The Morgan fingerprint density at radius 1 is 1.36 bits per heavy atom. The number of amides is 1. The molecule has 3 heterocycles. The van der Waals surface area contributed by atoms with Gasteiger partial charge in [-0.2, -0.15) is 0 Å². The largest absolute Gasteiger partial charge is 0.383 e. The number of nitrogens with zero attached hydrogens (tertiary/aromatic N) is 2. The average Bonchev–Trinajstić information content (AvgIpc) is 3.16. The van der Waals surface area contributed by atoms with Gasteiger partial charge in [-0.05, 0) is 29.8 Å². The summed E-state index contributed by atoms with van der Waals surface area (Å²) in [4.78, 5) is 22.6. The minimum absolute atomic E-state index is 0.0128. The maximum absolute atomic E-state index is 12.0. The zero-order chi connectivity index (χ0) is 15.5. The van der Waals surface area contributed by atoms with Crippen LogP contribution in [0.3, 0.4) is 0 Å². The summed E-state index contributed by atoms with van der Waals surface area (Å²) in [6.07, 6.45) is 0. The summed E-state index contributed by atoms with van der Waals surface area (Å²) in [6.45, 7) is 1.97. The zero-order valence-electron chi connectivity index (χ0n) is 11.8. The van der Waals surface area contributed by atoms with Crippen LogP contribution in [-0.2, 0) is 4.79 Å². The van der Waals surface area contributed by atoms with Crippen molar-refractivity contribution in [2.45, 2.75) is 18.1 Å². The van der Waals surface area contributed by atoms with Crippen molar-refractivity contribution in [1.29, 1.82) is 0 Å². The van der Waals surface area contributed by atoms with Crippen molar-refractivity contribution in [3.05, 3.63) is 33.8 Å². The molecule has 0 saturated carbocycles. The molecule has 3 N–H and O–H groups in total. The third-order valence-electron chi connectivity index (χ3n) is 3.01. The molecule has 3 rings (SSSR count). The summed E-state index contributed by atoms with van der Waals surface area (Å²) in [6, 6.07) is 5.90. The highest BCUT2D eigenvalue weighted by Crippen LogP contribution is 2.26. The van der Waals surface area contributed by atoms with Crippen LogP contribution in [0.5, 0.6) is 0 Å². The van der Waals surface area contributed by atoms with E-state index < -0.39 is 0 Å². The van der Waals surface area contributed by atoms with E-state index in [4.69, 9.17) is 5.73 Å². The number of thiophene rings is 2. The van der Waals surface area contributed by atoms with E-state index in [1.807, 2.05) is 35.9 Å². The molecule has 22 heavy (non-hydrogen) atoms. The van der Waals surface area contributed by atoms with Crippen molar-refractivity contribution in [2.24, 2.45) is 0 Å². The summed E-state index contributed by atoms with van der Waals surface area (Å²) < 4.78 is 0. The van der Waals surface area contributed by atoms with Gasteiger partial charge in [0.25, 0.3) is 0 Å². The highest BCUT2D eigenvalue weighted by molar-refractivity contribution is 7.99. The maximum atomic E-state index is 12.0. The van der Waals surface area contributed by atoms with Gasteiger partial charge in [0.2, 0.25) is 5.91 Å². The second-order valence-electron chi connectivity index (χ2n) is 4.62. The number of carbonyl (C=O) groups is 1. The quantitative estimate of drug-likeness (QED) is 0.545. The Hall–Kier alpha value is -1.64. The van der Waals surface area contributed by atoms with Crippen LogP contribution in [0.4, 0.5) is 5.82 Å². The van der Waals surface area contributed by atoms with Gasteiger partial charge in [-0.3, -0.25) is 4.79 Å². The van der Waals surface area contributed by atoms with Crippen molar-refractivity contribution in [2.75, 3.05) is 11.5 Å². The molecule has 0 fully saturated rings. The normalized spacial score (nSPS) is 12.4. The highest BCUT2D eigenvalue weighted by atomic mass is 32.2. The predicted molar refractivity (Wildman–Crippen MR) is 93.4 cm³/mol. The van der Waals surface area contributed by atoms with E-state index in [0.29, 0.717) is 11.0 Å². The number of nitrogen functional groups attached to an aromatic ring is 1. The molecule has 1 amide bonds. The second-order valence-corrected chi connectivity index (χ2v) is 7.44. The van der Waals surface area contributed by atoms with E-state index in [-0.39, 0.29) is 17.7 Å². The number of aromatic nitrogens is 2. The molecule has 0 saturated heterocycles. The molecule has 3 aromatic heterocycles. The standard InChI is InChI=1S/C14H14N4OS3/c1-8(10-3-2-5-20-10)16-11(19)7-22-14-17-12(15)9-4-6-21-13(9)18-14/h2-6,8H,7H2,1H3,(H,16,19)(H2,15,17,18)/t8-/m0/s1. The van der Waals surface area contributed by atoms with Crippen LogP contribution in [0.2, 0.25) is 0 Å². The average molecular weight is 350 g/mol. The fraction of sp³-hybridized carbons (Fsp3) is 0.214. The zero-order valence-corrected chi connectivity index (χ0v) is 14.2. The van der Waals surface area contributed by atoms with E-state index in [1.54, 1.807) is 11.3 Å². The van der Waals surface area contributed by atoms with E-state index in [9.17, 15) is 4.79 Å². The number of anilines is 1. The van der Waals surface area contributed by atoms with E-state index >= 15 is 0 Å². The Morgan fingerprint density at radius 3 is 3.00 bits per heavy atom. The van der Waals surface area contributed by atoms with Crippen molar-refractivity contribution >= 4 is 56.4 Å². The van der Waals surface area contributed by atoms with E-state index in [0.717, 1.165) is 15.1 Å². The molecular formula is C14H14N4OS3. The Morgan fingerprint density at radius 2 is 2.23 bits per heavy atom. The molecule has 0 aromatic carbocycles. The number of hydrogen-bond acceptors (Lipinski definition) is 7. The number of hydrogen-bond donors (Lipinski definition) is 2. The molecule has 0 aliphatic heterocycles. The molecule has 8 heteroatoms. The third-order valence-corrected chi connectivity index (χ3v) is 5.72. The first-order valence-electron chi connectivity index (χ1n) is 6.60. The summed E-state index contributed by atoms with van der Waals surface area (Å²) in [5.74, 6) is 0.687. The summed E-state index contributed by atoms with van der Waals surface area (Å²) in [7, 11) is 0. The topological polar surface area (TPSA) is 80.9 Å². The first-order chi connectivity index (χ1) is 10.6. The SMILES string of the molecule is C[C@H](NC(=O)CSc1nc(N)c2ccsc2n1)c1cccs1. The smallest absolute Gasteiger partial charge is 0.230 e. The van der Waals surface area contributed by atoms with Gasteiger partial charge >= 0.3 is 0 Å². The van der Waals surface area contributed by atoms with Crippen LogP contribution in [0.25, 0.3) is 10.2 Å². The summed E-state index contributed by atoms with van der Waals surface area (Å²) in [5.41, 5.74) is 5.90. The summed E-state index contributed by atoms with van der Waals surface area (Å²) in [5, 5.41) is 8.30. The lowest BCUT2D eigenvalue weighted by molar-refractivity contribution is -0.119. The predicted octanol–water partition coefficient (Wildman–Crippen LogP) is 3.30. The molecule has 5 nitrogen and oxygen atoms in total. The fourth-order valence-corrected chi connectivity index (χ4v) is 4.17. The van der Waals surface area contributed by atoms with Crippen molar-refractivity contribution in [1.82, 2.24) is 15.3 Å². The fourth-order valence-electron chi connectivity index (χ4n) is 1.94. The van der Waals surface area contributed by atoms with Crippen LogP contribution in [-0.4, -0.2) is 21.6 Å². The van der Waals surface area contributed by atoms with Crippen LogP contribution >= 0.6 is 34.4 Å². The van der Waals surface area contributed by atoms with Gasteiger partial charge in [0.15, 0.2) is 5.16 Å². The second kappa shape index (κ2) is 6.64. The van der Waals surface area contributed by atoms with Gasteiger partial charge in [0, 0.05) is 4.88 Å². The van der Waals surface area contributed by atoms with Crippen LogP contribution < -0.4 is 11.1 Å². The van der Waals surface area contributed by atoms with Crippen molar-refractivity contribution in [3.63, 3.8) is 0 Å². The molecule has 0 aliphatic carbocycles. The Bertz CT molecular complexity index is 785. The number of thioether (sulfide) groups is 1. The van der Waals surface area contributed by atoms with E-state index in [1.165, 1.54) is 23.1 Å². The third kappa shape index (κ3) is 3.40.